The van der Waals surface area contributed by atoms with E-state index in [0.717, 1.165) is 34.1 Å². The summed E-state index contributed by atoms with van der Waals surface area (Å²) in [6, 6.07) is 118. The fraction of sp³-hybridized carbons (Fsp3) is 0.0968. The van der Waals surface area contributed by atoms with E-state index in [2.05, 4.69) is 389 Å². The molecule has 4 nitrogen and oxygen atoms in total. The normalized spacial score (nSPS) is 13.1. The molecule has 2 heterocycles. The van der Waals surface area contributed by atoms with Crippen LogP contribution in [0.1, 0.15) is 66.6 Å². The van der Waals surface area contributed by atoms with Gasteiger partial charge in [0.2, 0.25) is 0 Å². The monoisotopic (exact) mass is 1250 g/mol. The highest BCUT2D eigenvalue weighted by Gasteiger charge is 2.37. The van der Waals surface area contributed by atoms with E-state index in [1.54, 1.807) is 0 Å². The van der Waals surface area contributed by atoms with Crippen LogP contribution in [0.15, 0.2) is 322 Å². The third kappa shape index (κ3) is 9.80. The lowest BCUT2D eigenvalue weighted by atomic mass is 9.82. The van der Waals surface area contributed by atoms with Crippen LogP contribution in [0.4, 0.5) is 34.1 Å². The molecule has 97 heavy (non-hydrogen) atoms. The molecular weight excluding hydrogens is 1170 g/mol. The average molecular weight is 1250 g/mol. The highest BCUT2D eigenvalue weighted by molar-refractivity contribution is 6.18. The van der Waals surface area contributed by atoms with Crippen LogP contribution in [-0.2, 0) is 10.8 Å². The highest BCUT2D eigenvalue weighted by Crippen LogP contribution is 2.53. The van der Waals surface area contributed by atoms with Crippen LogP contribution in [0.3, 0.4) is 0 Å². The van der Waals surface area contributed by atoms with Crippen LogP contribution in [0.2, 0.25) is 0 Å². The van der Waals surface area contributed by atoms with Crippen molar-refractivity contribution in [2.45, 2.75) is 59.3 Å². The van der Waals surface area contributed by atoms with E-state index in [9.17, 15) is 0 Å². The predicted molar refractivity (Wildman–Crippen MR) is 411 cm³/mol. The van der Waals surface area contributed by atoms with Gasteiger partial charge in [-0.3, -0.25) is 0 Å². The number of aromatic nitrogens is 2. The summed E-state index contributed by atoms with van der Waals surface area (Å²) in [6.45, 7) is 15.9. The first-order chi connectivity index (χ1) is 47.4. The van der Waals surface area contributed by atoms with E-state index in [4.69, 9.17) is 0 Å². The molecule has 2 aromatic heterocycles. The maximum Gasteiger partial charge on any atom is 0.0562 e. The van der Waals surface area contributed by atoms with Gasteiger partial charge in [-0.25, -0.2) is 0 Å². The summed E-state index contributed by atoms with van der Waals surface area (Å²) in [5.74, 6) is 0. The number of aryl methyl sites for hydroxylation is 3. The van der Waals surface area contributed by atoms with Gasteiger partial charge in [0.05, 0.1) is 33.4 Å². The molecular formula is C93H74N4. The van der Waals surface area contributed by atoms with Crippen molar-refractivity contribution in [3.8, 4) is 55.9 Å². The molecule has 2 aliphatic carbocycles. The lowest BCUT2D eigenvalue weighted by Crippen LogP contribution is -2.15. The Morgan fingerprint density at radius 1 is 0.258 bits per heavy atom. The molecule has 0 spiro atoms. The van der Waals surface area contributed by atoms with Gasteiger partial charge in [-0.2, -0.15) is 0 Å². The van der Waals surface area contributed by atoms with Gasteiger partial charge >= 0.3 is 0 Å². The molecule has 0 radical (unpaired) electrons. The highest BCUT2D eigenvalue weighted by atomic mass is 15.2. The maximum absolute atomic E-state index is 2.46. The van der Waals surface area contributed by atoms with Gasteiger partial charge < -0.3 is 18.9 Å². The first-order valence-corrected chi connectivity index (χ1v) is 34.0. The third-order valence-electron chi connectivity index (χ3n) is 20.9. The number of nitrogens with zero attached hydrogens (tertiary/aromatic N) is 4. The first kappa shape index (κ1) is 59.1. The summed E-state index contributed by atoms with van der Waals surface area (Å²) in [4.78, 5) is 4.83. The van der Waals surface area contributed by atoms with Crippen LogP contribution in [0.5, 0.6) is 0 Å². The van der Waals surface area contributed by atoms with Gasteiger partial charge in [-0.15, -0.1) is 0 Å². The van der Waals surface area contributed by atoms with E-state index in [1.165, 1.54) is 138 Å². The van der Waals surface area contributed by atoms with Crippen molar-refractivity contribution >= 4 is 77.7 Å². The summed E-state index contributed by atoms with van der Waals surface area (Å²) in [5.41, 5.74) is 33.5. The van der Waals surface area contributed by atoms with Crippen LogP contribution in [0, 0.1) is 20.8 Å². The zero-order valence-electron chi connectivity index (χ0n) is 55.9. The fourth-order valence-electron chi connectivity index (χ4n) is 16.0. The van der Waals surface area contributed by atoms with Gasteiger partial charge in [0.1, 0.15) is 0 Å². The summed E-state index contributed by atoms with van der Waals surface area (Å²) in [5, 5.41) is 4.96. The number of fused-ring (bicyclic) bond motifs is 12. The van der Waals surface area contributed by atoms with Crippen molar-refractivity contribution in [2.24, 2.45) is 0 Å². The standard InChI is InChI=1S/C47H38N2.C46H36N2/c1-31-20-24-34(25-21-31)48(35-26-22-33(23-27-35)37-13-6-5-12-32(37)2)44-18-11-19-45-46(44)40-15-8-10-17-43(40)49(45)36-28-29-39-38-14-7-9-16-41(38)47(3,4)42(39)30-36;1-31-20-24-34(25-21-31)47(35-26-22-33(23-27-35)32-12-5-4-6-13-32)43-18-11-19-44-45(43)39-15-8-10-17-42(39)48(44)36-28-29-38-37-14-7-9-16-40(37)46(2,3)41(38)30-36/h5-30H,1-4H3;4-30H,1-3H3. The molecule has 0 fully saturated rings. The van der Waals surface area contributed by atoms with Crippen molar-refractivity contribution < 1.29 is 0 Å². The van der Waals surface area contributed by atoms with Crippen molar-refractivity contribution in [1.82, 2.24) is 9.13 Å². The van der Waals surface area contributed by atoms with Gasteiger partial charge in [-0.1, -0.05) is 251 Å². The second-order valence-electron chi connectivity index (χ2n) is 27.5. The second kappa shape index (κ2) is 23.3. The Kier molecular flexibility index (Phi) is 14.2. The lowest BCUT2D eigenvalue weighted by molar-refractivity contribution is 0.660. The molecule has 18 rings (SSSR count). The lowest BCUT2D eigenvalue weighted by Gasteiger charge is -2.27. The zero-order valence-corrected chi connectivity index (χ0v) is 55.9. The Morgan fingerprint density at radius 3 is 1.06 bits per heavy atom. The number of hydrogen-bond acceptors (Lipinski definition) is 2. The number of rotatable bonds is 10. The van der Waals surface area contributed by atoms with E-state index in [0.29, 0.717) is 0 Å². The zero-order chi connectivity index (χ0) is 65.7. The quantitative estimate of drug-likeness (QED) is 0.136. The molecule has 0 atom stereocenters. The number of anilines is 6. The minimum atomic E-state index is -0.0709. The molecule has 2 aliphatic rings. The Labute approximate surface area is 568 Å². The second-order valence-corrected chi connectivity index (χ2v) is 27.5. The third-order valence-corrected chi connectivity index (χ3v) is 20.9. The van der Waals surface area contributed by atoms with Gasteiger partial charge in [0.15, 0.2) is 0 Å². The average Bonchev–Trinajstić information content (AvgIpc) is 1.58. The van der Waals surface area contributed by atoms with Crippen molar-refractivity contribution in [2.75, 3.05) is 9.80 Å². The van der Waals surface area contributed by atoms with Gasteiger partial charge in [-0.05, 0) is 202 Å². The minimum absolute atomic E-state index is 0.0694. The molecule has 0 saturated heterocycles. The largest absolute Gasteiger partial charge is 0.310 e. The molecule has 0 aliphatic heterocycles. The minimum Gasteiger partial charge on any atom is -0.310 e. The van der Waals surface area contributed by atoms with E-state index >= 15 is 0 Å². The van der Waals surface area contributed by atoms with Gasteiger partial charge in [0.25, 0.3) is 0 Å². The Bertz CT molecular complexity index is 5710. The molecule has 0 N–H and O–H groups in total. The summed E-state index contributed by atoms with van der Waals surface area (Å²) < 4.78 is 4.92. The molecule has 0 saturated carbocycles. The molecule has 0 unspecified atom stereocenters. The summed E-state index contributed by atoms with van der Waals surface area (Å²) in [7, 11) is 0. The van der Waals surface area contributed by atoms with Gasteiger partial charge in [0, 0.05) is 66.5 Å². The van der Waals surface area contributed by atoms with Crippen LogP contribution in [-0.4, -0.2) is 9.13 Å². The number of para-hydroxylation sites is 2. The Morgan fingerprint density at radius 2 is 0.608 bits per heavy atom. The maximum atomic E-state index is 2.46. The first-order valence-electron chi connectivity index (χ1n) is 34.0. The molecule has 16 aromatic rings. The van der Waals surface area contributed by atoms with E-state index in [-0.39, 0.29) is 10.8 Å². The van der Waals surface area contributed by atoms with Crippen molar-refractivity contribution in [3.63, 3.8) is 0 Å². The molecule has 4 heteroatoms. The molecule has 0 bridgehead atoms. The Balaban J connectivity index is 0.000000146. The summed E-state index contributed by atoms with van der Waals surface area (Å²) in [6.07, 6.45) is 0. The molecule has 0 amide bonds. The van der Waals surface area contributed by atoms with Crippen molar-refractivity contribution in [1.29, 1.82) is 0 Å². The number of hydrogen-bond donors (Lipinski definition) is 0. The van der Waals surface area contributed by atoms with Crippen LogP contribution in [0.25, 0.3) is 99.5 Å². The molecule has 14 aromatic carbocycles. The van der Waals surface area contributed by atoms with Crippen LogP contribution >= 0.6 is 0 Å². The fourth-order valence-corrected chi connectivity index (χ4v) is 16.0. The Hall–Kier alpha value is -11.7. The SMILES string of the molecule is Cc1ccc(N(c2ccc(-c3ccccc3)cc2)c2cccc3c2c2ccccc2n3-c2ccc3c(c2)C(C)(C)c2ccccc2-3)cc1.Cc1ccc(N(c2ccc(-c3ccccc3C)cc2)c2cccc3c2c2ccccc2n3-c2ccc3c(c2)C(C)(C)c2ccccc2-3)cc1. The van der Waals surface area contributed by atoms with Crippen molar-refractivity contribution in [3.05, 3.63) is 360 Å². The predicted octanol–water partition coefficient (Wildman–Crippen LogP) is 25.4. The summed E-state index contributed by atoms with van der Waals surface area (Å²) >= 11 is 0. The molecule has 466 valence electrons. The topological polar surface area (TPSA) is 16.3 Å². The number of benzene rings is 14. The van der Waals surface area contributed by atoms with Crippen LogP contribution < -0.4 is 9.80 Å². The van der Waals surface area contributed by atoms with E-state index < -0.39 is 0 Å². The smallest absolute Gasteiger partial charge is 0.0562 e. The van der Waals surface area contributed by atoms with E-state index in [1.807, 2.05) is 0 Å².